The van der Waals surface area contributed by atoms with Gasteiger partial charge in [-0.1, -0.05) is 42.1 Å². The molecule has 0 atom stereocenters. The summed E-state index contributed by atoms with van der Waals surface area (Å²) in [5.74, 6) is 0. The normalized spacial score (nSPS) is 11.0. The molecule has 33 heavy (non-hydrogen) atoms. The van der Waals surface area contributed by atoms with E-state index in [0.29, 0.717) is 11.1 Å². The number of carbonyl (C=O) groups is 1. The Balaban J connectivity index is 1.43. The van der Waals surface area contributed by atoms with E-state index in [-0.39, 0.29) is 12.1 Å². The molecule has 0 spiro atoms. The minimum absolute atomic E-state index is 0.201. The monoisotopic (exact) mass is 454 g/mol. The average molecular weight is 455 g/mol. The summed E-state index contributed by atoms with van der Waals surface area (Å²) < 4.78 is 1.38. The number of hydrogen-bond donors (Lipinski definition) is 2. The van der Waals surface area contributed by atoms with Crippen LogP contribution in [0.1, 0.15) is 5.56 Å². The summed E-state index contributed by atoms with van der Waals surface area (Å²) in [4.78, 5) is 30.4. The molecule has 2 heterocycles. The Morgan fingerprint density at radius 3 is 2.73 bits per heavy atom. The fourth-order valence-electron chi connectivity index (χ4n) is 3.67. The van der Waals surface area contributed by atoms with Crippen molar-refractivity contribution in [3.8, 4) is 0 Å². The van der Waals surface area contributed by atoms with Crippen LogP contribution in [0.5, 0.6) is 0 Å². The van der Waals surface area contributed by atoms with Gasteiger partial charge in [-0.3, -0.25) is 15.1 Å². The molecule has 5 aromatic rings. The van der Waals surface area contributed by atoms with Crippen molar-refractivity contribution in [2.24, 2.45) is 0 Å². The molecule has 0 bridgehead atoms. The van der Waals surface area contributed by atoms with Crippen LogP contribution in [0.4, 0.5) is 10.5 Å². The summed E-state index contributed by atoms with van der Waals surface area (Å²) in [7, 11) is 0. The first-order valence-corrected chi connectivity index (χ1v) is 11.0. The van der Waals surface area contributed by atoms with E-state index in [1.165, 1.54) is 4.68 Å². The maximum Gasteiger partial charge on any atom is 0.409 e. The Kier molecular flexibility index (Phi) is 5.50. The highest BCUT2D eigenvalue weighted by molar-refractivity contribution is 7.99. The van der Waals surface area contributed by atoms with Crippen LogP contribution in [0.2, 0.25) is 0 Å². The molecule has 3 aromatic carbocycles. The number of aromatic nitrogens is 3. The van der Waals surface area contributed by atoms with Crippen LogP contribution in [0.15, 0.2) is 99.8 Å². The second-order valence-corrected chi connectivity index (χ2v) is 8.54. The summed E-state index contributed by atoms with van der Waals surface area (Å²) in [5.41, 5.74) is 1.95. The Labute approximate surface area is 192 Å². The van der Waals surface area contributed by atoms with Gasteiger partial charge in [0.05, 0.1) is 23.6 Å². The smallest absolute Gasteiger partial charge is 0.409 e. The van der Waals surface area contributed by atoms with Gasteiger partial charge in [0.1, 0.15) is 0 Å². The van der Waals surface area contributed by atoms with Crippen LogP contribution < -0.4 is 10.9 Å². The number of pyridine rings is 1. The maximum absolute atomic E-state index is 13.0. The fraction of sp³-hybridized carbons (Fsp3) is 0.0400. The zero-order valence-corrected chi connectivity index (χ0v) is 18.1. The standard InChI is InChI=1S/C25H18N4O3S/c30-24-21-10-9-20(33-22-8-2-5-17-6-3-11-26-23(17)22)13-18(21)14-27-29(24)15-16-4-1-7-19(12-16)28-25(31)32/h1-14,28H,15H2,(H,31,32). The highest BCUT2D eigenvalue weighted by Gasteiger charge is 2.09. The molecule has 5 rings (SSSR count). The molecule has 0 aliphatic heterocycles. The maximum atomic E-state index is 13.0. The number of hydrogen-bond acceptors (Lipinski definition) is 5. The summed E-state index contributed by atoms with van der Waals surface area (Å²) in [6, 6.07) is 22.6. The average Bonchev–Trinajstić information content (AvgIpc) is 2.81. The molecule has 0 saturated heterocycles. The Bertz CT molecular complexity index is 1560. The van der Waals surface area contributed by atoms with E-state index in [4.69, 9.17) is 5.11 Å². The van der Waals surface area contributed by atoms with Crippen LogP contribution in [0.3, 0.4) is 0 Å². The lowest BCUT2D eigenvalue weighted by atomic mass is 10.2. The summed E-state index contributed by atoms with van der Waals surface area (Å²) in [6.07, 6.45) is 2.33. The largest absolute Gasteiger partial charge is 0.465 e. The zero-order chi connectivity index (χ0) is 22.8. The molecule has 0 aliphatic carbocycles. The molecule has 8 heteroatoms. The number of fused-ring (bicyclic) bond motifs is 2. The van der Waals surface area contributed by atoms with E-state index >= 15 is 0 Å². The van der Waals surface area contributed by atoms with Crippen LogP contribution >= 0.6 is 11.8 Å². The summed E-state index contributed by atoms with van der Waals surface area (Å²) in [5, 5.41) is 18.0. The fourth-order valence-corrected chi connectivity index (χ4v) is 4.66. The third kappa shape index (κ3) is 4.42. The van der Waals surface area contributed by atoms with Crippen molar-refractivity contribution in [2.45, 2.75) is 16.3 Å². The highest BCUT2D eigenvalue weighted by atomic mass is 32.2. The van der Waals surface area contributed by atoms with E-state index in [1.54, 1.807) is 42.4 Å². The topological polar surface area (TPSA) is 97.1 Å². The summed E-state index contributed by atoms with van der Waals surface area (Å²) in [6.45, 7) is 0.238. The lowest BCUT2D eigenvalue weighted by molar-refractivity contribution is 0.209. The van der Waals surface area contributed by atoms with Gasteiger partial charge in [0, 0.05) is 32.4 Å². The van der Waals surface area contributed by atoms with E-state index in [9.17, 15) is 9.59 Å². The van der Waals surface area contributed by atoms with E-state index < -0.39 is 6.09 Å². The third-order valence-corrected chi connectivity index (χ3v) is 6.20. The number of amides is 1. The van der Waals surface area contributed by atoms with Crippen molar-refractivity contribution >= 4 is 45.2 Å². The molecule has 1 amide bonds. The van der Waals surface area contributed by atoms with Crippen molar-refractivity contribution in [3.05, 3.63) is 101 Å². The SMILES string of the molecule is O=C(O)Nc1cccc(Cn2ncc3cc(Sc4cccc5cccnc45)ccc3c2=O)c1. The van der Waals surface area contributed by atoms with E-state index in [1.807, 2.05) is 54.6 Å². The predicted octanol–water partition coefficient (Wildman–Crippen LogP) is 5.23. The number of nitrogens with one attached hydrogen (secondary N) is 1. The van der Waals surface area contributed by atoms with Crippen molar-refractivity contribution in [1.82, 2.24) is 14.8 Å². The lowest BCUT2D eigenvalue weighted by Gasteiger charge is -2.09. The number of anilines is 1. The first-order chi connectivity index (χ1) is 16.1. The van der Waals surface area contributed by atoms with E-state index in [0.717, 1.165) is 31.6 Å². The molecule has 7 nitrogen and oxygen atoms in total. The third-order valence-electron chi connectivity index (χ3n) is 5.16. The van der Waals surface area contributed by atoms with Gasteiger partial charge in [-0.05, 0) is 48.0 Å². The number of carboxylic acid groups (broad SMARTS) is 1. The van der Waals surface area contributed by atoms with Crippen molar-refractivity contribution in [3.63, 3.8) is 0 Å². The molecule has 0 radical (unpaired) electrons. The number of benzene rings is 3. The van der Waals surface area contributed by atoms with Crippen LogP contribution in [0.25, 0.3) is 21.7 Å². The Hall–Kier alpha value is -4.17. The molecule has 0 saturated carbocycles. The van der Waals surface area contributed by atoms with Crippen LogP contribution in [0, 0.1) is 0 Å². The van der Waals surface area contributed by atoms with Crippen molar-refractivity contribution < 1.29 is 9.90 Å². The first-order valence-electron chi connectivity index (χ1n) is 10.2. The van der Waals surface area contributed by atoms with Crippen LogP contribution in [-0.4, -0.2) is 26.0 Å². The van der Waals surface area contributed by atoms with Gasteiger partial charge in [-0.25, -0.2) is 9.48 Å². The lowest BCUT2D eigenvalue weighted by Crippen LogP contribution is -2.23. The molecule has 2 N–H and O–H groups in total. The minimum atomic E-state index is -1.14. The van der Waals surface area contributed by atoms with Gasteiger partial charge in [-0.15, -0.1) is 0 Å². The molecular weight excluding hydrogens is 436 g/mol. The quantitative estimate of drug-likeness (QED) is 0.377. The second-order valence-electron chi connectivity index (χ2n) is 7.42. The van der Waals surface area contributed by atoms with Crippen molar-refractivity contribution in [1.29, 1.82) is 0 Å². The van der Waals surface area contributed by atoms with Gasteiger partial charge in [0.25, 0.3) is 5.56 Å². The van der Waals surface area contributed by atoms with Gasteiger partial charge >= 0.3 is 6.09 Å². The molecule has 0 aliphatic rings. The molecule has 162 valence electrons. The molecule has 2 aromatic heterocycles. The molecular formula is C25H18N4O3S. The van der Waals surface area contributed by atoms with Crippen molar-refractivity contribution in [2.75, 3.05) is 5.32 Å². The number of para-hydroxylation sites is 1. The first kappa shape index (κ1) is 20.7. The van der Waals surface area contributed by atoms with Gasteiger partial charge in [0.2, 0.25) is 0 Å². The summed E-state index contributed by atoms with van der Waals surface area (Å²) >= 11 is 1.60. The number of rotatable bonds is 5. The Morgan fingerprint density at radius 2 is 1.85 bits per heavy atom. The Morgan fingerprint density at radius 1 is 1.00 bits per heavy atom. The highest BCUT2D eigenvalue weighted by Crippen LogP contribution is 2.33. The predicted molar refractivity (Wildman–Crippen MR) is 129 cm³/mol. The van der Waals surface area contributed by atoms with E-state index in [2.05, 4.69) is 15.4 Å². The molecule has 0 unspecified atom stereocenters. The van der Waals surface area contributed by atoms with Gasteiger partial charge in [-0.2, -0.15) is 5.10 Å². The zero-order valence-electron chi connectivity index (χ0n) is 17.3. The number of nitrogens with zero attached hydrogens (tertiary/aromatic N) is 3. The second kappa shape index (κ2) is 8.76. The minimum Gasteiger partial charge on any atom is -0.465 e. The van der Waals surface area contributed by atoms with Crippen LogP contribution in [-0.2, 0) is 6.54 Å². The molecule has 0 fully saturated rings. The van der Waals surface area contributed by atoms with Gasteiger partial charge in [0.15, 0.2) is 0 Å². The van der Waals surface area contributed by atoms with Gasteiger partial charge < -0.3 is 5.11 Å².